The first-order valence-electron chi connectivity index (χ1n) is 13.5. The highest BCUT2D eigenvalue weighted by atomic mass is 16.3. The monoisotopic (exact) mass is 500 g/mol. The summed E-state index contributed by atoms with van der Waals surface area (Å²) in [5, 5.41) is 0. The number of hydrogen-bond donors (Lipinski definition) is 0. The van der Waals surface area contributed by atoms with Crippen molar-refractivity contribution in [1.29, 1.82) is 0 Å². The Hall–Kier alpha value is -4.18. The standard InChI is InChI=1S/C34H34N3O/c1-21(2)25-15-12-16-26(22(3)4)31(25)37-29-18-11-10-17-28(29)36(6)34(37)30-23(5)19-20-27-32(30)38-33(35-27)24-13-8-7-9-14-24/h7-22H,1-6H3/q+1. The molecule has 0 aliphatic heterocycles. The van der Waals surface area contributed by atoms with E-state index in [1.165, 1.54) is 27.8 Å². The van der Waals surface area contributed by atoms with Crippen LogP contribution < -0.4 is 4.57 Å². The Balaban J connectivity index is 1.76. The zero-order chi connectivity index (χ0) is 26.6. The van der Waals surface area contributed by atoms with Gasteiger partial charge in [-0.3, -0.25) is 0 Å². The van der Waals surface area contributed by atoms with E-state index in [0.29, 0.717) is 17.7 Å². The van der Waals surface area contributed by atoms with E-state index in [9.17, 15) is 0 Å². The summed E-state index contributed by atoms with van der Waals surface area (Å²) in [4.78, 5) is 4.90. The van der Waals surface area contributed by atoms with Crippen LogP contribution >= 0.6 is 0 Å². The highest BCUT2D eigenvalue weighted by Crippen LogP contribution is 2.40. The molecule has 6 aromatic rings. The van der Waals surface area contributed by atoms with Crippen molar-refractivity contribution in [2.24, 2.45) is 7.05 Å². The molecule has 4 aromatic carbocycles. The molecule has 2 heterocycles. The average Bonchev–Trinajstić information content (AvgIpc) is 3.48. The predicted octanol–water partition coefficient (Wildman–Crippen LogP) is 8.49. The van der Waals surface area contributed by atoms with Gasteiger partial charge in [0.2, 0.25) is 5.89 Å². The molecule has 6 rings (SSSR count). The fourth-order valence-corrected chi connectivity index (χ4v) is 5.66. The first kappa shape index (κ1) is 24.2. The number of rotatable bonds is 5. The third kappa shape index (κ3) is 3.75. The van der Waals surface area contributed by atoms with Gasteiger partial charge in [-0.2, -0.15) is 4.57 Å². The predicted molar refractivity (Wildman–Crippen MR) is 156 cm³/mol. The zero-order valence-corrected chi connectivity index (χ0v) is 23.0. The van der Waals surface area contributed by atoms with Gasteiger partial charge in [-0.05, 0) is 54.7 Å². The number of nitrogens with zero attached hydrogens (tertiary/aromatic N) is 3. The highest BCUT2D eigenvalue weighted by Gasteiger charge is 2.33. The molecule has 0 saturated heterocycles. The van der Waals surface area contributed by atoms with Crippen molar-refractivity contribution in [3.8, 4) is 28.5 Å². The lowest BCUT2D eigenvalue weighted by molar-refractivity contribution is -0.633. The Morgan fingerprint density at radius 3 is 2.11 bits per heavy atom. The number of imidazole rings is 1. The molecule has 0 saturated carbocycles. The Bertz CT molecular complexity index is 1760. The summed E-state index contributed by atoms with van der Waals surface area (Å²) in [6, 6.07) is 29.8. The summed E-state index contributed by atoms with van der Waals surface area (Å²) >= 11 is 0. The topological polar surface area (TPSA) is 34.8 Å². The van der Waals surface area contributed by atoms with Crippen LogP contribution in [-0.2, 0) is 7.05 Å². The molecule has 4 nitrogen and oxygen atoms in total. The van der Waals surface area contributed by atoms with Gasteiger partial charge < -0.3 is 4.42 Å². The first-order chi connectivity index (χ1) is 18.4. The van der Waals surface area contributed by atoms with Crippen molar-refractivity contribution in [2.75, 3.05) is 0 Å². The quantitative estimate of drug-likeness (QED) is 0.222. The van der Waals surface area contributed by atoms with E-state index in [1.807, 2.05) is 30.3 Å². The smallest absolute Gasteiger partial charge is 0.299 e. The van der Waals surface area contributed by atoms with Crippen LogP contribution in [0.4, 0.5) is 0 Å². The number of aromatic nitrogens is 3. The van der Waals surface area contributed by atoms with Crippen molar-refractivity contribution in [2.45, 2.75) is 46.5 Å². The van der Waals surface area contributed by atoms with Crippen molar-refractivity contribution < 1.29 is 8.98 Å². The molecule has 0 N–H and O–H groups in total. The van der Waals surface area contributed by atoms with Crippen LogP contribution in [0.5, 0.6) is 0 Å². The van der Waals surface area contributed by atoms with Crippen molar-refractivity contribution >= 4 is 22.1 Å². The van der Waals surface area contributed by atoms with Crippen LogP contribution in [0.2, 0.25) is 0 Å². The van der Waals surface area contributed by atoms with E-state index in [1.54, 1.807) is 0 Å². The minimum absolute atomic E-state index is 0.370. The molecule has 0 aliphatic carbocycles. The van der Waals surface area contributed by atoms with Gasteiger partial charge in [-0.15, -0.1) is 0 Å². The minimum atomic E-state index is 0.370. The maximum atomic E-state index is 6.58. The summed E-state index contributed by atoms with van der Waals surface area (Å²) < 4.78 is 11.4. The molecular formula is C34H34N3O+. The van der Waals surface area contributed by atoms with Crippen molar-refractivity contribution in [3.63, 3.8) is 0 Å². The number of para-hydroxylation sites is 3. The minimum Gasteiger partial charge on any atom is -0.435 e. The normalized spacial score (nSPS) is 11.9. The van der Waals surface area contributed by atoms with E-state index < -0.39 is 0 Å². The molecule has 0 aliphatic rings. The van der Waals surface area contributed by atoms with Crippen molar-refractivity contribution in [1.82, 2.24) is 9.55 Å². The summed E-state index contributed by atoms with van der Waals surface area (Å²) in [7, 11) is 2.16. The molecular weight excluding hydrogens is 466 g/mol. The van der Waals surface area contributed by atoms with Crippen LogP contribution in [0.25, 0.3) is 50.7 Å². The summed E-state index contributed by atoms with van der Waals surface area (Å²) in [6.45, 7) is 11.3. The van der Waals surface area contributed by atoms with Gasteiger partial charge in [0, 0.05) is 16.7 Å². The second-order valence-corrected chi connectivity index (χ2v) is 10.8. The third-order valence-electron chi connectivity index (χ3n) is 7.59. The molecule has 0 unspecified atom stereocenters. The fraction of sp³-hybridized carbons (Fsp3) is 0.235. The number of hydrogen-bond acceptors (Lipinski definition) is 2. The maximum absolute atomic E-state index is 6.58. The Morgan fingerprint density at radius 2 is 1.42 bits per heavy atom. The summed E-state index contributed by atoms with van der Waals surface area (Å²) in [6.07, 6.45) is 0. The van der Waals surface area contributed by atoms with Crippen LogP contribution in [0.15, 0.2) is 89.3 Å². The van der Waals surface area contributed by atoms with Gasteiger partial charge in [0.05, 0.1) is 7.05 Å². The molecule has 0 bridgehead atoms. The molecule has 38 heavy (non-hydrogen) atoms. The van der Waals surface area contributed by atoms with Gasteiger partial charge >= 0.3 is 0 Å². The lowest BCUT2D eigenvalue weighted by Gasteiger charge is -2.18. The van der Waals surface area contributed by atoms with Crippen LogP contribution in [0, 0.1) is 6.92 Å². The molecule has 0 atom stereocenters. The molecule has 0 radical (unpaired) electrons. The first-order valence-corrected chi connectivity index (χ1v) is 13.5. The SMILES string of the molecule is Cc1ccc2nc(-c3ccccc3)oc2c1-c1n(-c2c(C(C)C)cccc2C(C)C)c2ccccc2[n+]1C. The van der Waals surface area contributed by atoms with E-state index in [-0.39, 0.29) is 0 Å². The largest absolute Gasteiger partial charge is 0.435 e. The van der Waals surface area contributed by atoms with Gasteiger partial charge in [-0.25, -0.2) is 9.55 Å². The van der Waals surface area contributed by atoms with Gasteiger partial charge in [0.1, 0.15) is 16.8 Å². The molecule has 4 heteroatoms. The second-order valence-electron chi connectivity index (χ2n) is 10.8. The number of oxazole rings is 1. The van der Waals surface area contributed by atoms with E-state index in [2.05, 4.69) is 105 Å². The Labute approximate surface area is 224 Å². The van der Waals surface area contributed by atoms with E-state index >= 15 is 0 Å². The fourth-order valence-electron chi connectivity index (χ4n) is 5.66. The lowest BCUT2D eigenvalue weighted by Crippen LogP contribution is -2.30. The van der Waals surface area contributed by atoms with Crippen LogP contribution in [-0.4, -0.2) is 9.55 Å². The maximum Gasteiger partial charge on any atom is 0.299 e. The van der Waals surface area contributed by atoms with E-state index in [0.717, 1.165) is 33.6 Å². The van der Waals surface area contributed by atoms with Crippen LogP contribution in [0.3, 0.4) is 0 Å². The molecule has 2 aromatic heterocycles. The molecule has 0 amide bonds. The lowest BCUT2D eigenvalue weighted by atomic mass is 9.92. The Morgan fingerprint density at radius 1 is 0.763 bits per heavy atom. The second kappa shape index (κ2) is 9.29. The number of fused-ring (bicyclic) bond motifs is 2. The molecule has 0 fully saturated rings. The molecule has 190 valence electrons. The number of benzene rings is 4. The summed E-state index contributed by atoms with van der Waals surface area (Å²) in [5.41, 5.74) is 11.2. The van der Waals surface area contributed by atoms with Gasteiger partial charge in [0.15, 0.2) is 16.6 Å². The van der Waals surface area contributed by atoms with E-state index in [4.69, 9.17) is 9.40 Å². The zero-order valence-electron chi connectivity index (χ0n) is 23.0. The molecule has 0 spiro atoms. The van der Waals surface area contributed by atoms with Gasteiger partial charge in [0.25, 0.3) is 5.82 Å². The summed E-state index contributed by atoms with van der Waals surface area (Å²) in [5.74, 6) is 2.48. The van der Waals surface area contributed by atoms with Crippen molar-refractivity contribution in [3.05, 3.63) is 102 Å². The van der Waals surface area contributed by atoms with Gasteiger partial charge in [-0.1, -0.05) is 82.3 Å². The Kier molecular flexibility index (Phi) is 5.91. The third-order valence-corrected chi connectivity index (χ3v) is 7.59. The van der Waals surface area contributed by atoms with Crippen LogP contribution in [0.1, 0.15) is 56.2 Å². The average molecular weight is 501 g/mol. The number of aryl methyl sites for hydroxylation is 2. The highest BCUT2D eigenvalue weighted by molar-refractivity contribution is 5.93.